The first-order valence-corrected chi connectivity index (χ1v) is 7.38. The Morgan fingerprint density at radius 1 is 1.21 bits per heavy atom. The van der Waals surface area contributed by atoms with Crippen LogP contribution in [0.1, 0.15) is 11.4 Å². The number of anilines is 1. The molecular formula is C14H14Br2N2O. The predicted molar refractivity (Wildman–Crippen MR) is 84.7 cm³/mol. The second-order valence-corrected chi connectivity index (χ2v) is 5.80. The highest BCUT2D eigenvalue weighted by molar-refractivity contribution is 9.11. The molecular weight excluding hydrogens is 372 g/mol. The Balaban J connectivity index is 2.15. The lowest BCUT2D eigenvalue weighted by atomic mass is 10.2. The molecule has 100 valence electrons. The van der Waals surface area contributed by atoms with Crippen molar-refractivity contribution in [3.63, 3.8) is 0 Å². The van der Waals surface area contributed by atoms with Gasteiger partial charge in [-0.25, -0.2) is 0 Å². The fourth-order valence-corrected chi connectivity index (χ4v) is 3.00. The van der Waals surface area contributed by atoms with Crippen molar-refractivity contribution in [2.45, 2.75) is 13.5 Å². The molecule has 1 aromatic heterocycles. The quantitative estimate of drug-likeness (QED) is 0.839. The lowest BCUT2D eigenvalue weighted by Gasteiger charge is -2.12. The molecule has 1 N–H and O–H groups in total. The van der Waals surface area contributed by atoms with Crippen LogP contribution in [0.4, 0.5) is 5.69 Å². The van der Waals surface area contributed by atoms with Gasteiger partial charge in [-0.05, 0) is 57.0 Å². The number of methoxy groups -OCH3 is 1. The van der Waals surface area contributed by atoms with Crippen molar-refractivity contribution in [1.29, 1.82) is 0 Å². The average molecular weight is 386 g/mol. The van der Waals surface area contributed by atoms with Crippen molar-refractivity contribution in [1.82, 2.24) is 4.98 Å². The Labute approximate surface area is 129 Å². The molecule has 0 fully saturated rings. The first-order valence-electron chi connectivity index (χ1n) is 5.79. The van der Waals surface area contributed by atoms with Crippen LogP contribution in [0.5, 0.6) is 5.75 Å². The molecule has 0 saturated carbocycles. The molecule has 19 heavy (non-hydrogen) atoms. The van der Waals surface area contributed by atoms with E-state index in [1.54, 1.807) is 7.11 Å². The van der Waals surface area contributed by atoms with E-state index in [-0.39, 0.29) is 0 Å². The minimum Gasteiger partial charge on any atom is -0.495 e. The minimum absolute atomic E-state index is 0.672. The first kappa shape index (κ1) is 14.3. The third-order valence-electron chi connectivity index (χ3n) is 2.65. The van der Waals surface area contributed by atoms with E-state index in [0.29, 0.717) is 6.54 Å². The Bertz CT molecular complexity index is 588. The van der Waals surface area contributed by atoms with Gasteiger partial charge < -0.3 is 10.1 Å². The lowest BCUT2D eigenvalue weighted by Crippen LogP contribution is -2.03. The molecule has 2 rings (SSSR count). The number of ether oxygens (including phenoxy) is 1. The Morgan fingerprint density at radius 2 is 2.00 bits per heavy atom. The molecule has 0 saturated heterocycles. The number of hydrogen-bond acceptors (Lipinski definition) is 3. The van der Waals surface area contributed by atoms with Crippen molar-refractivity contribution >= 4 is 37.5 Å². The fraction of sp³-hybridized carbons (Fsp3) is 0.214. The Morgan fingerprint density at radius 3 is 2.68 bits per heavy atom. The minimum atomic E-state index is 0.672. The molecule has 2 aromatic rings. The number of hydrogen-bond donors (Lipinski definition) is 1. The highest BCUT2D eigenvalue weighted by Crippen LogP contribution is 2.34. The number of pyridine rings is 1. The summed E-state index contributed by atoms with van der Waals surface area (Å²) in [5, 5.41) is 3.35. The molecule has 3 nitrogen and oxygen atoms in total. The number of rotatable bonds is 4. The van der Waals surface area contributed by atoms with E-state index in [1.807, 2.05) is 37.3 Å². The van der Waals surface area contributed by atoms with Gasteiger partial charge in [0.2, 0.25) is 0 Å². The van der Waals surface area contributed by atoms with Crippen LogP contribution in [0.15, 0.2) is 39.3 Å². The summed E-state index contributed by atoms with van der Waals surface area (Å²) in [6.45, 7) is 2.66. The zero-order valence-corrected chi connectivity index (χ0v) is 13.9. The largest absolute Gasteiger partial charge is 0.495 e. The van der Waals surface area contributed by atoms with Gasteiger partial charge in [-0.15, -0.1) is 0 Å². The van der Waals surface area contributed by atoms with Crippen LogP contribution in [0.25, 0.3) is 0 Å². The third-order valence-corrected chi connectivity index (χ3v) is 3.92. The van der Waals surface area contributed by atoms with Crippen molar-refractivity contribution in [2.75, 3.05) is 12.4 Å². The molecule has 0 atom stereocenters. The monoisotopic (exact) mass is 384 g/mol. The molecule has 0 unspecified atom stereocenters. The smallest absolute Gasteiger partial charge is 0.135 e. The zero-order valence-electron chi connectivity index (χ0n) is 10.7. The summed E-state index contributed by atoms with van der Waals surface area (Å²) in [5.41, 5.74) is 3.00. The highest BCUT2D eigenvalue weighted by atomic mass is 79.9. The van der Waals surface area contributed by atoms with Gasteiger partial charge in [0.1, 0.15) is 5.75 Å². The van der Waals surface area contributed by atoms with Gasteiger partial charge >= 0.3 is 0 Å². The second kappa shape index (κ2) is 6.39. The number of aryl methyl sites for hydroxylation is 1. The predicted octanol–water partition coefficient (Wildman–Crippen LogP) is 4.54. The maximum absolute atomic E-state index is 5.29. The van der Waals surface area contributed by atoms with Gasteiger partial charge in [-0.1, -0.05) is 6.07 Å². The molecule has 0 radical (unpaired) electrons. The number of nitrogens with zero attached hydrogens (tertiary/aromatic N) is 1. The van der Waals surface area contributed by atoms with Crippen LogP contribution in [-0.2, 0) is 6.54 Å². The first-order chi connectivity index (χ1) is 9.10. The number of nitrogens with one attached hydrogen (secondary N) is 1. The summed E-state index contributed by atoms with van der Waals surface area (Å²) in [6, 6.07) is 9.91. The van der Waals surface area contributed by atoms with E-state index in [1.165, 1.54) is 0 Å². The number of aromatic nitrogens is 1. The Hall–Kier alpha value is -1.07. The van der Waals surface area contributed by atoms with Crippen LogP contribution >= 0.6 is 31.9 Å². The van der Waals surface area contributed by atoms with Crippen LogP contribution in [-0.4, -0.2) is 12.1 Å². The third kappa shape index (κ3) is 3.70. The lowest BCUT2D eigenvalue weighted by molar-refractivity contribution is 0.412. The van der Waals surface area contributed by atoms with Gasteiger partial charge in [0.15, 0.2) is 0 Å². The maximum Gasteiger partial charge on any atom is 0.135 e. The van der Waals surface area contributed by atoms with E-state index in [0.717, 1.165) is 31.8 Å². The topological polar surface area (TPSA) is 34.1 Å². The van der Waals surface area contributed by atoms with Gasteiger partial charge in [-0.2, -0.15) is 0 Å². The van der Waals surface area contributed by atoms with Crippen molar-refractivity contribution in [3.05, 3.63) is 50.7 Å². The normalized spacial score (nSPS) is 10.3. The summed E-state index contributed by atoms with van der Waals surface area (Å²) in [5.74, 6) is 0.794. The van der Waals surface area contributed by atoms with Crippen LogP contribution in [0, 0.1) is 6.92 Å². The summed E-state index contributed by atoms with van der Waals surface area (Å²) in [4.78, 5) is 4.46. The van der Waals surface area contributed by atoms with Gasteiger partial charge in [-0.3, -0.25) is 4.98 Å². The van der Waals surface area contributed by atoms with E-state index < -0.39 is 0 Å². The standard InChI is InChI=1S/C14H14Br2N2O/c1-9-4-3-5-10(18-9)8-17-13-7-14(19-2)12(16)6-11(13)15/h3-7,17H,8H2,1-2H3. The Kier molecular flexibility index (Phi) is 4.82. The zero-order chi connectivity index (χ0) is 13.8. The fourth-order valence-electron chi connectivity index (χ4n) is 1.70. The van der Waals surface area contributed by atoms with Gasteiger partial charge in [0.05, 0.1) is 29.5 Å². The van der Waals surface area contributed by atoms with Crippen LogP contribution in [0.2, 0.25) is 0 Å². The SMILES string of the molecule is COc1cc(NCc2cccc(C)n2)c(Br)cc1Br. The molecule has 5 heteroatoms. The number of benzene rings is 1. The summed E-state index contributed by atoms with van der Waals surface area (Å²) in [6.07, 6.45) is 0. The van der Waals surface area contributed by atoms with E-state index in [2.05, 4.69) is 42.2 Å². The van der Waals surface area contributed by atoms with Crippen LogP contribution in [0.3, 0.4) is 0 Å². The molecule has 0 aliphatic carbocycles. The summed E-state index contributed by atoms with van der Waals surface area (Å²) >= 11 is 6.98. The summed E-state index contributed by atoms with van der Waals surface area (Å²) < 4.78 is 7.19. The molecule has 0 spiro atoms. The van der Waals surface area contributed by atoms with E-state index in [4.69, 9.17) is 4.74 Å². The molecule has 1 aromatic carbocycles. The van der Waals surface area contributed by atoms with Crippen molar-refractivity contribution in [2.24, 2.45) is 0 Å². The van der Waals surface area contributed by atoms with Crippen molar-refractivity contribution < 1.29 is 4.74 Å². The molecule has 0 bridgehead atoms. The highest BCUT2D eigenvalue weighted by Gasteiger charge is 2.07. The van der Waals surface area contributed by atoms with Gasteiger partial charge in [0.25, 0.3) is 0 Å². The molecule has 1 heterocycles. The molecule has 0 aliphatic rings. The molecule has 0 aliphatic heterocycles. The van der Waals surface area contributed by atoms with E-state index >= 15 is 0 Å². The molecule has 0 amide bonds. The second-order valence-electron chi connectivity index (χ2n) is 4.09. The van der Waals surface area contributed by atoms with Gasteiger partial charge in [0, 0.05) is 16.2 Å². The average Bonchev–Trinajstić information content (AvgIpc) is 2.38. The number of halogens is 2. The van der Waals surface area contributed by atoms with Crippen LogP contribution < -0.4 is 10.1 Å². The summed E-state index contributed by atoms with van der Waals surface area (Å²) in [7, 11) is 1.65. The van der Waals surface area contributed by atoms with Crippen molar-refractivity contribution in [3.8, 4) is 5.75 Å². The maximum atomic E-state index is 5.29. The van der Waals surface area contributed by atoms with E-state index in [9.17, 15) is 0 Å².